The predicted octanol–water partition coefficient (Wildman–Crippen LogP) is 4.09. The van der Waals surface area contributed by atoms with Crippen molar-refractivity contribution in [1.29, 1.82) is 0 Å². The molecule has 3 rings (SSSR count). The Morgan fingerprint density at radius 2 is 2.03 bits per heavy atom. The maximum absolute atomic E-state index is 13.4. The molecule has 0 aliphatic carbocycles. The van der Waals surface area contributed by atoms with Crippen molar-refractivity contribution in [1.82, 2.24) is 20.2 Å². The van der Waals surface area contributed by atoms with E-state index in [4.69, 9.17) is 4.74 Å². The van der Waals surface area contributed by atoms with Gasteiger partial charge in [0.05, 0.1) is 17.9 Å². The molecule has 1 N–H and O–H groups in total. The Kier molecular flexibility index (Phi) is 6.79. The normalized spacial score (nSPS) is 16.5. The van der Waals surface area contributed by atoms with Crippen LogP contribution in [0, 0.1) is 11.7 Å². The summed E-state index contributed by atoms with van der Waals surface area (Å²) in [5.74, 6) is -0.0668. The number of likely N-dealkylation sites (tertiary alicyclic amines) is 1. The van der Waals surface area contributed by atoms with Gasteiger partial charge in [0.1, 0.15) is 11.4 Å². The minimum Gasteiger partial charge on any atom is -0.444 e. The third-order valence-corrected chi connectivity index (χ3v) is 4.98. The monoisotopic (exact) mass is 400 g/mol. The van der Waals surface area contributed by atoms with Gasteiger partial charge < -0.3 is 15.0 Å². The number of nitrogens with one attached hydrogen (secondary N) is 1. The van der Waals surface area contributed by atoms with E-state index in [2.05, 4.69) is 15.3 Å². The molecule has 1 saturated heterocycles. The van der Waals surface area contributed by atoms with Gasteiger partial charge in [-0.15, -0.1) is 0 Å². The highest BCUT2D eigenvalue weighted by molar-refractivity contribution is 5.68. The number of hydrogen-bond donors (Lipinski definition) is 1. The molecular weight excluding hydrogens is 371 g/mol. The molecule has 6 nitrogen and oxygen atoms in total. The third-order valence-electron chi connectivity index (χ3n) is 4.98. The molecule has 7 heteroatoms. The van der Waals surface area contributed by atoms with Crippen LogP contribution >= 0.6 is 0 Å². The van der Waals surface area contributed by atoms with Crippen molar-refractivity contribution in [2.24, 2.45) is 5.92 Å². The highest BCUT2D eigenvalue weighted by Gasteiger charge is 2.31. The lowest BCUT2D eigenvalue weighted by Crippen LogP contribution is -2.44. The van der Waals surface area contributed by atoms with E-state index in [1.807, 2.05) is 39.1 Å². The van der Waals surface area contributed by atoms with Crippen LogP contribution in [0.4, 0.5) is 9.18 Å². The first-order valence-corrected chi connectivity index (χ1v) is 10.0. The Bertz CT molecular complexity index is 785. The Morgan fingerprint density at radius 3 is 2.62 bits per heavy atom. The van der Waals surface area contributed by atoms with Crippen LogP contribution in [0.3, 0.4) is 0 Å². The van der Waals surface area contributed by atoms with Crippen LogP contribution in [0.5, 0.6) is 0 Å². The lowest BCUT2D eigenvalue weighted by atomic mass is 9.87. The molecule has 1 atom stereocenters. The first kappa shape index (κ1) is 21.2. The van der Waals surface area contributed by atoms with Gasteiger partial charge in [-0.3, -0.25) is 9.97 Å². The summed E-state index contributed by atoms with van der Waals surface area (Å²) in [7, 11) is 0. The quantitative estimate of drug-likeness (QED) is 0.819. The zero-order valence-corrected chi connectivity index (χ0v) is 17.3. The van der Waals surface area contributed by atoms with Crippen LogP contribution in [0.2, 0.25) is 0 Å². The Labute approximate surface area is 171 Å². The number of piperidine rings is 1. The second-order valence-corrected chi connectivity index (χ2v) is 8.43. The number of amides is 1. The molecule has 0 saturated carbocycles. The van der Waals surface area contributed by atoms with E-state index < -0.39 is 5.60 Å². The van der Waals surface area contributed by atoms with E-state index in [1.165, 1.54) is 12.3 Å². The van der Waals surface area contributed by atoms with E-state index >= 15 is 0 Å². The van der Waals surface area contributed by atoms with E-state index in [-0.39, 0.29) is 23.9 Å². The predicted molar refractivity (Wildman–Crippen MR) is 109 cm³/mol. The maximum Gasteiger partial charge on any atom is 0.410 e. The van der Waals surface area contributed by atoms with Gasteiger partial charge in [0, 0.05) is 32.0 Å². The molecule has 1 aliphatic heterocycles. The first-order valence-electron chi connectivity index (χ1n) is 10.0. The molecule has 2 aromatic rings. The van der Waals surface area contributed by atoms with Crippen LogP contribution in [-0.4, -0.2) is 39.7 Å². The molecule has 0 radical (unpaired) electrons. The SMILES string of the molecule is CC(C)(C)OC(=O)N1CCC(C(NCc2cccnc2)c2ccc(F)cn2)CC1. The van der Waals surface area contributed by atoms with Gasteiger partial charge in [-0.2, -0.15) is 0 Å². The highest BCUT2D eigenvalue weighted by atomic mass is 19.1. The Balaban J connectivity index is 1.66. The number of rotatable bonds is 5. The van der Waals surface area contributed by atoms with Crippen LogP contribution in [0.1, 0.15) is 50.9 Å². The second-order valence-electron chi connectivity index (χ2n) is 8.43. The van der Waals surface area contributed by atoms with Crippen molar-refractivity contribution in [3.63, 3.8) is 0 Å². The van der Waals surface area contributed by atoms with Crippen molar-refractivity contribution in [2.75, 3.05) is 13.1 Å². The lowest BCUT2D eigenvalue weighted by molar-refractivity contribution is 0.0167. The van der Waals surface area contributed by atoms with Crippen molar-refractivity contribution in [3.05, 3.63) is 59.9 Å². The molecule has 0 bridgehead atoms. The molecule has 2 aromatic heterocycles. The average Bonchev–Trinajstić information content (AvgIpc) is 2.69. The van der Waals surface area contributed by atoms with Gasteiger partial charge >= 0.3 is 6.09 Å². The summed E-state index contributed by atoms with van der Waals surface area (Å²) in [4.78, 5) is 22.6. The topological polar surface area (TPSA) is 67.3 Å². The fraction of sp³-hybridized carbons (Fsp3) is 0.500. The molecule has 1 unspecified atom stereocenters. The number of pyridine rings is 2. The lowest BCUT2D eigenvalue weighted by Gasteiger charge is -2.37. The van der Waals surface area contributed by atoms with E-state index in [9.17, 15) is 9.18 Å². The average molecular weight is 400 g/mol. The molecular formula is C22H29FN4O2. The standard InChI is InChI=1S/C22H29FN4O2/c1-22(2,3)29-21(28)27-11-8-17(9-12-27)20(19-7-6-18(23)15-25-19)26-14-16-5-4-10-24-13-16/h4-7,10,13,15,17,20,26H,8-9,11-12,14H2,1-3H3. The van der Waals surface area contributed by atoms with E-state index in [0.29, 0.717) is 19.6 Å². The van der Waals surface area contributed by atoms with Crippen molar-refractivity contribution >= 4 is 6.09 Å². The van der Waals surface area contributed by atoms with Gasteiger partial charge in [0.25, 0.3) is 0 Å². The summed E-state index contributed by atoms with van der Waals surface area (Å²) in [5.41, 5.74) is 1.39. The van der Waals surface area contributed by atoms with Crippen LogP contribution in [0.15, 0.2) is 42.9 Å². The smallest absolute Gasteiger partial charge is 0.410 e. The number of aromatic nitrogens is 2. The highest BCUT2D eigenvalue weighted by Crippen LogP contribution is 2.31. The summed E-state index contributed by atoms with van der Waals surface area (Å²) in [6, 6.07) is 7.06. The van der Waals surface area contributed by atoms with Gasteiger partial charge in [0.15, 0.2) is 0 Å². The minimum absolute atomic E-state index is 0.0309. The van der Waals surface area contributed by atoms with Crippen LogP contribution in [-0.2, 0) is 11.3 Å². The largest absolute Gasteiger partial charge is 0.444 e. The zero-order valence-electron chi connectivity index (χ0n) is 17.3. The minimum atomic E-state index is -0.500. The maximum atomic E-state index is 13.4. The van der Waals surface area contributed by atoms with Crippen molar-refractivity contribution in [3.8, 4) is 0 Å². The summed E-state index contributed by atoms with van der Waals surface area (Å²) in [6.45, 7) is 7.52. The molecule has 156 valence electrons. The summed E-state index contributed by atoms with van der Waals surface area (Å²) < 4.78 is 18.9. The molecule has 1 aliphatic rings. The van der Waals surface area contributed by atoms with Gasteiger partial charge in [-0.1, -0.05) is 6.07 Å². The zero-order chi connectivity index (χ0) is 20.9. The molecule has 29 heavy (non-hydrogen) atoms. The number of ether oxygens (including phenoxy) is 1. The van der Waals surface area contributed by atoms with Crippen LogP contribution in [0.25, 0.3) is 0 Å². The molecule has 0 spiro atoms. The summed E-state index contributed by atoms with van der Waals surface area (Å²) in [6.07, 6.45) is 6.20. The number of carbonyl (C=O) groups is 1. The number of nitrogens with zero attached hydrogens (tertiary/aromatic N) is 3. The second kappa shape index (κ2) is 9.31. The number of carbonyl (C=O) groups excluding carboxylic acids is 1. The van der Waals surface area contributed by atoms with E-state index in [1.54, 1.807) is 17.2 Å². The molecule has 3 heterocycles. The fourth-order valence-corrected chi connectivity index (χ4v) is 3.56. The molecule has 0 aromatic carbocycles. The Morgan fingerprint density at radius 1 is 1.28 bits per heavy atom. The molecule has 1 fully saturated rings. The van der Waals surface area contributed by atoms with Gasteiger partial charge in [0.2, 0.25) is 0 Å². The summed E-state index contributed by atoms with van der Waals surface area (Å²) in [5, 5.41) is 3.56. The van der Waals surface area contributed by atoms with E-state index in [0.717, 1.165) is 24.1 Å². The first-order chi connectivity index (χ1) is 13.8. The number of halogens is 1. The Hall–Kier alpha value is -2.54. The fourth-order valence-electron chi connectivity index (χ4n) is 3.56. The third kappa shape index (κ3) is 6.22. The van der Waals surface area contributed by atoms with Gasteiger partial charge in [-0.25, -0.2) is 9.18 Å². The van der Waals surface area contributed by atoms with Crippen molar-refractivity contribution < 1.29 is 13.9 Å². The molecule has 1 amide bonds. The van der Waals surface area contributed by atoms with Crippen LogP contribution < -0.4 is 5.32 Å². The van der Waals surface area contributed by atoms with Gasteiger partial charge in [-0.05, 0) is 63.3 Å². The number of hydrogen-bond acceptors (Lipinski definition) is 5. The summed E-state index contributed by atoms with van der Waals surface area (Å²) >= 11 is 0. The van der Waals surface area contributed by atoms with Crippen molar-refractivity contribution in [2.45, 2.75) is 51.8 Å².